The summed E-state index contributed by atoms with van der Waals surface area (Å²) in [6, 6.07) is 4.13. The third kappa shape index (κ3) is 3.99. The van der Waals surface area contributed by atoms with Gasteiger partial charge >= 0.3 is 6.03 Å². The van der Waals surface area contributed by atoms with Crippen molar-refractivity contribution in [2.75, 3.05) is 11.9 Å². The number of halogens is 2. The maximum absolute atomic E-state index is 11.6. The lowest BCUT2D eigenvalue weighted by Gasteiger charge is -2.15. The van der Waals surface area contributed by atoms with E-state index in [1.165, 1.54) is 0 Å². The molecular weight excluding hydrogens is 285 g/mol. The third-order valence-electron chi connectivity index (χ3n) is 1.73. The van der Waals surface area contributed by atoms with E-state index < -0.39 is 11.9 Å². The molecule has 1 aromatic carbocycles. The summed E-state index contributed by atoms with van der Waals surface area (Å²) in [5.41, 5.74) is 5.18. The van der Waals surface area contributed by atoms with Crippen LogP contribution in [0.2, 0.25) is 10.0 Å². The lowest BCUT2D eigenvalue weighted by molar-refractivity contribution is -0.117. The zero-order chi connectivity index (χ0) is 13.0. The predicted molar refractivity (Wildman–Crippen MR) is 70.4 cm³/mol. The number of primary amides is 1. The fourth-order valence-electron chi connectivity index (χ4n) is 1.01. The second kappa shape index (κ2) is 6.00. The van der Waals surface area contributed by atoms with E-state index in [4.69, 9.17) is 28.9 Å². The average Bonchev–Trinajstić information content (AvgIpc) is 2.22. The fraction of sp³-hybridized carbons (Fsp3) is 0.111. The first-order chi connectivity index (χ1) is 7.91. The van der Waals surface area contributed by atoms with Crippen molar-refractivity contribution in [1.29, 1.82) is 0 Å². The number of hydrogen-bond acceptors (Lipinski definition) is 3. The largest absolute Gasteiger partial charge is 0.368 e. The molecule has 5 nitrogen and oxygen atoms in total. The smallest absolute Gasteiger partial charge is 0.332 e. The van der Waals surface area contributed by atoms with Gasteiger partial charge in [-0.3, -0.25) is 9.10 Å². The first-order valence-electron chi connectivity index (χ1n) is 4.41. The van der Waals surface area contributed by atoms with Crippen molar-refractivity contribution in [1.82, 2.24) is 4.31 Å². The van der Waals surface area contributed by atoms with Gasteiger partial charge in [-0.05, 0) is 12.1 Å². The van der Waals surface area contributed by atoms with Crippen LogP contribution in [0.3, 0.4) is 0 Å². The molecule has 0 aliphatic heterocycles. The Kier molecular flexibility index (Phi) is 4.92. The van der Waals surface area contributed by atoms with Gasteiger partial charge in [0.05, 0.1) is 15.7 Å². The van der Waals surface area contributed by atoms with E-state index in [1.54, 1.807) is 18.2 Å². The van der Waals surface area contributed by atoms with Gasteiger partial charge in [0.15, 0.2) is 0 Å². The molecule has 0 fully saturated rings. The van der Waals surface area contributed by atoms with Crippen molar-refractivity contribution in [2.45, 2.75) is 0 Å². The Balaban J connectivity index is 2.78. The molecule has 3 N–H and O–H groups in total. The molecule has 0 saturated heterocycles. The Morgan fingerprint density at radius 2 is 1.88 bits per heavy atom. The lowest BCUT2D eigenvalue weighted by Crippen LogP contribution is -2.34. The quantitative estimate of drug-likeness (QED) is 0.747. The van der Waals surface area contributed by atoms with Crippen LogP contribution in [0, 0.1) is 0 Å². The van der Waals surface area contributed by atoms with Gasteiger partial charge < -0.3 is 11.1 Å². The number of benzene rings is 1. The van der Waals surface area contributed by atoms with E-state index in [9.17, 15) is 9.59 Å². The maximum atomic E-state index is 11.6. The summed E-state index contributed by atoms with van der Waals surface area (Å²) >= 11 is 15.5. The van der Waals surface area contributed by atoms with Crippen LogP contribution in [0.4, 0.5) is 10.5 Å². The van der Waals surface area contributed by atoms with Crippen molar-refractivity contribution in [3.8, 4) is 0 Å². The molecule has 8 heteroatoms. The van der Waals surface area contributed by atoms with Gasteiger partial charge in [0.1, 0.15) is 6.54 Å². The Hall–Kier alpha value is -1.11. The van der Waals surface area contributed by atoms with Crippen LogP contribution >= 0.6 is 36.0 Å². The zero-order valence-electron chi connectivity index (χ0n) is 8.48. The normalized spacial score (nSPS) is 9.82. The van der Waals surface area contributed by atoms with Crippen molar-refractivity contribution < 1.29 is 9.59 Å². The summed E-state index contributed by atoms with van der Waals surface area (Å²) in [6.07, 6.45) is 0. The SMILES string of the molecule is NC(=O)CN(S)C(=O)Nc1c(Cl)cccc1Cl. The number of urea groups is 1. The number of nitrogens with two attached hydrogens (primary N) is 1. The van der Waals surface area contributed by atoms with Gasteiger partial charge in [-0.1, -0.05) is 42.1 Å². The molecule has 3 amide bonds. The van der Waals surface area contributed by atoms with Crippen LogP contribution in [-0.2, 0) is 4.79 Å². The van der Waals surface area contributed by atoms with Crippen LogP contribution in [0.1, 0.15) is 0 Å². The number of rotatable bonds is 3. The van der Waals surface area contributed by atoms with Gasteiger partial charge in [-0.2, -0.15) is 0 Å². The Labute approximate surface area is 113 Å². The molecule has 0 spiro atoms. The molecule has 0 atom stereocenters. The van der Waals surface area contributed by atoms with E-state index in [1.807, 2.05) is 0 Å². The first kappa shape index (κ1) is 14.0. The van der Waals surface area contributed by atoms with Crippen molar-refractivity contribution in [3.63, 3.8) is 0 Å². The fourth-order valence-corrected chi connectivity index (χ4v) is 1.69. The monoisotopic (exact) mass is 293 g/mol. The summed E-state index contributed by atoms with van der Waals surface area (Å²) in [6.45, 7) is -0.322. The average molecular weight is 294 g/mol. The lowest BCUT2D eigenvalue weighted by atomic mass is 10.3. The number of amides is 3. The van der Waals surface area contributed by atoms with Crippen LogP contribution in [-0.4, -0.2) is 22.8 Å². The number of thiol groups is 1. The van der Waals surface area contributed by atoms with Gasteiger partial charge in [0, 0.05) is 0 Å². The Morgan fingerprint density at radius 1 is 1.35 bits per heavy atom. The molecule has 0 saturated carbocycles. The molecular formula is C9H9Cl2N3O2S. The number of hydrogen-bond donors (Lipinski definition) is 3. The topological polar surface area (TPSA) is 75.4 Å². The van der Waals surface area contributed by atoms with E-state index in [0.717, 1.165) is 4.31 Å². The summed E-state index contributed by atoms with van der Waals surface area (Å²) < 4.78 is 0.821. The van der Waals surface area contributed by atoms with Gasteiger partial charge in [-0.25, -0.2) is 4.79 Å². The molecule has 0 bridgehead atoms. The standard InChI is InChI=1S/C9H9Cl2N3O2S/c10-5-2-1-3-6(11)8(5)13-9(16)14(17)4-7(12)15/h1-3,17H,4H2,(H2,12,15)(H,13,16). The van der Waals surface area contributed by atoms with Gasteiger partial charge in [0.2, 0.25) is 5.91 Å². The molecule has 0 aliphatic rings. The number of nitrogens with one attached hydrogen (secondary N) is 1. The van der Waals surface area contributed by atoms with E-state index in [-0.39, 0.29) is 22.3 Å². The predicted octanol–water partition coefficient (Wildman–Crippen LogP) is 2.16. The number of anilines is 1. The van der Waals surface area contributed by atoms with Gasteiger partial charge in [-0.15, -0.1) is 0 Å². The number of para-hydroxylation sites is 1. The number of carbonyl (C=O) groups excluding carboxylic acids is 2. The maximum Gasteiger partial charge on any atom is 0.332 e. The summed E-state index contributed by atoms with van der Waals surface area (Å²) in [7, 11) is 0. The molecule has 0 heterocycles. The van der Waals surface area contributed by atoms with Crippen molar-refractivity contribution in [3.05, 3.63) is 28.2 Å². The van der Waals surface area contributed by atoms with Crippen molar-refractivity contribution >= 4 is 53.6 Å². The van der Waals surface area contributed by atoms with Crippen LogP contribution in [0.5, 0.6) is 0 Å². The highest BCUT2D eigenvalue weighted by Crippen LogP contribution is 2.29. The highest BCUT2D eigenvalue weighted by atomic mass is 35.5. The second-order valence-electron chi connectivity index (χ2n) is 3.05. The molecule has 92 valence electrons. The number of nitrogens with zero attached hydrogens (tertiary/aromatic N) is 1. The molecule has 17 heavy (non-hydrogen) atoms. The van der Waals surface area contributed by atoms with Crippen molar-refractivity contribution in [2.24, 2.45) is 5.73 Å². The molecule has 0 aliphatic carbocycles. The molecule has 0 radical (unpaired) electrons. The molecule has 0 unspecified atom stereocenters. The minimum atomic E-state index is -0.680. The summed E-state index contributed by atoms with van der Waals surface area (Å²) in [4.78, 5) is 22.2. The van der Waals surface area contributed by atoms with E-state index in [0.29, 0.717) is 0 Å². The van der Waals surface area contributed by atoms with E-state index in [2.05, 4.69) is 18.1 Å². The highest BCUT2D eigenvalue weighted by molar-refractivity contribution is 7.78. The molecule has 0 aromatic heterocycles. The Bertz CT molecular complexity index is 436. The zero-order valence-corrected chi connectivity index (χ0v) is 10.9. The Morgan fingerprint density at radius 3 is 2.35 bits per heavy atom. The van der Waals surface area contributed by atoms with Crippen LogP contribution in [0.15, 0.2) is 18.2 Å². The van der Waals surface area contributed by atoms with Crippen LogP contribution < -0.4 is 11.1 Å². The number of carbonyl (C=O) groups is 2. The highest BCUT2D eigenvalue weighted by Gasteiger charge is 2.15. The minimum absolute atomic E-state index is 0.254. The second-order valence-corrected chi connectivity index (χ2v) is 4.35. The molecule has 1 rings (SSSR count). The molecule has 1 aromatic rings. The first-order valence-corrected chi connectivity index (χ1v) is 5.57. The summed E-state index contributed by atoms with van der Waals surface area (Å²) in [5.74, 6) is -0.680. The van der Waals surface area contributed by atoms with Gasteiger partial charge in [0.25, 0.3) is 0 Å². The van der Waals surface area contributed by atoms with Crippen LogP contribution in [0.25, 0.3) is 0 Å². The van der Waals surface area contributed by atoms with E-state index >= 15 is 0 Å². The summed E-state index contributed by atoms with van der Waals surface area (Å²) in [5, 5.41) is 2.99. The third-order valence-corrected chi connectivity index (χ3v) is 2.69. The minimum Gasteiger partial charge on any atom is -0.368 e.